The average Bonchev–Trinajstić information content (AvgIpc) is 3.02. The summed E-state index contributed by atoms with van der Waals surface area (Å²) in [5.74, 6) is 0.987. The maximum atomic E-state index is 12.5. The molecule has 1 aromatic rings. The van der Waals surface area contributed by atoms with Crippen molar-refractivity contribution in [2.75, 3.05) is 25.1 Å². The number of benzene rings is 1. The Morgan fingerprint density at radius 3 is 2.76 bits per heavy atom. The Morgan fingerprint density at radius 1 is 1.28 bits per heavy atom. The van der Waals surface area contributed by atoms with Crippen LogP contribution in [0.2, 0.25) is 0 Å². The summed E-state index contributed by atoms with van der Waals surface area (Å²) < 4.78 is 5.39. The van der Waals surface area contributed by atoms with Gasteiger partial charge in [-0.3, -0.25) is 9.59 Å². The van der Waals surface area contributed by atoms with Gasteiger partial charge < -0.3 is 15.0 Å². The Bertz CT molecular complexity index is 638. The van der Waals surface area contributed by atoms with E-state index in [1.54, 1.807) is 12.0 Å². The van der Waals surface area contributed by atoms with Crippen molar-refractivity contribution in [3.63, 3.8) is 0 Å². The maximum absolute atomic E-state index is 12.5. The molecule has 1 aliphatic heterocycles. The number of rotatable bonds is 5. The van der Waals surface area contributed by atoms with Crippen molar-refractivity contribution in [3.05, 3.63) is 23.8 Å². The minimum absolute atomic E-state index is 0.00745. The van der Waals surface area contributed by atoms with E-state index in [1.165, 1.54) is 32.1 Å². The molecule has 5 nitrogen and oxygen atoms in total. The van der Waals surface area contributed by atoms with Crippen molar-refractivity contribution in [2.45, 2.75) is 45.4 Å². The summed E-state index contributed by atoms with van der Waals surface area (Å²) in [4.78, 5) is 26.7. The number of aryl methyl sites for hydroxylation is 1. The van der Waals surface area contributed by atoms with Crippen LogP contribution >= 0.6 is 0 Å². The Balaban J connectivity index is 1.62. The van der Waals surface area contributed by atoms with E-state index in [4.69, 9.17) is 4.74 Å². The summed E-state index contributed by atoms with van der Waals surface area (Å²) in [6.45, 7) is 3.16. The SMILES string of the molecule is COc1ccc(C)cc1N1CC(C(=O)NCC2CCCCC2)CC1=O. The predicted octanol–water partition coefficient (Wildman–Crippen LogP) is 3.05. The van der Waals surface area contributed by atoms with Crippen LogP contribution in [0.5, 0.6) is 5.75 Å². The molecule has 2 amide bonds. The molecule has 1 saturated carbocycles. The number of hydrogen-bond donors (Lipinski definition) is 1. The average molecular weight is 344 g/mol. The zero-order chi connectivity index (χ0) is 17.8. The smallest absolute Gasteiger partial charge is 0.227 e. The Kier molecular flexibility index (Phi) is 5.61. The quantitative estimate of drug-likeness (QED) is 0.893. The fourth-order valence-electron chi connectivity index (χ4n) is 3.91. The second-order valence-corrected chi connectivity index (χ2v) is 7.33. The number of nitrogens with zero attached hydrogens (tertiary/aromatic N) is 1. The van der Waals surface area contributed by atoms with Gasteiger partial charge in [0, 0.05) is 19.5 Å². The van der Waals surface area contributed by atoms with Gasteiger partial charge in [0.2, 0.25) is 11.8 Å². The molecule has 5 heteroatoms. The summed E-state index contributed by atoms with van der Waals surface area (Å²) in [5.41, 5.74) is 1.82. The molecular weight excluding hydrogens is 316 g/mol. The molecule has 2 aliphatic rings. The first-order valence-electron chi connectivity index (χ1n) is 9.31. The highest BCUT2D eigenvalue weighted by Crippen LogP contribution is 2.34. The van der Waals surface area contributed by atoms with Crippen LogP contribution in [0.15, 0.2) is 18.2 Å². The summed E-state index contributed by atoms with van der Waals surface area (Å²) in [6, 6.07) is 5.77. The van der Waals surface area contributed by atoms with Gasteiger partial charge in [0.25, 0.3) is 0 Å². The van der Waals surface area contributed by atoms with Crippen LogP contribution in [0.3, 0.4) is 0 Å². The molecule has 1 saturated heterocycles. The standard InChI is InChI=1S/C20H28N2O3/c1-14-8-9-18(25-2)17(10-14)22-13-16(11-19(22)23)20(24)21-12-15-6-4-3-5-7-15/h8-10,15-16H,3-7,11-13H2,1-2H3,(H,21,24). The monoisotopic (exact) mass is 344 g/mol. The number of carbonyl (C=O) groups is 2. The molecule has 3 rings (SSSR count). The van der Waals surface area contributed by atoms with Gasteiger partial charge in [-0.2, -0.15) is 0 Å². The van der Waals surface area contributed by atoms with E-state index in [2.05, 4.69) is 5.32 Å². The molecule has 25 heavy (non-hydrogen) atoms. The molecule has 0 bridgehead atoms. The fourth-order valence-corrected chi connectivity index (χ4v) is 3.91. The van der Waals surface area contributed by atoms with Crippen LogP contribution in [0, 0.1) is 18.8 Å². The van der Waals surface area contributed by atoms with Crippen molar-refractivity contribution in [1.29, 1.82) is 0 Å². The number of carbonyl (C=O) groups excluding carboxylic acids is 2. The lowest BCUT2D eigenvalue weighted by Crippen LogP contribution is -2.36. The second kappa shape index (κ2) is 7.89. The normalized spacial score (nSPS) is 21.4. The van der Waals surface area contributed by atoms with Crippen molar-refractivity contribution >= 4 is 17.5 Å². The minimum Gasteiger partial charge on any atom is -0.495 e. The van der Waals surface area contributed by atoms with Crippen molar-refractivity contribution in [2.24, 2.45) is 11.8 Å². The van der Waals surface area contributed by atoms with E-state index in [0.717, 1.165) is 17.8 Å². The first-order valence-corrected chi connectivity index (χ1v) is 9.31. The van der Waals surface area contributed by atoms with Crippen LogP contribution < -0.4 is 15.0 Å². The van der Waals surface area contributed by atoms with E-state index in [1.807, 2.05) is 25.1 Å². The number of amides is 2. The van der Waals surface area contributed by atoms with E-state index >= 15 is 0 Å². The van der Waals surface area contributed by atoms with Gasteiger partial charge in [-0.05, 0) is 43.4 Å². The summed E-state index contributed by atoms with van der Waals surface area (Å²) in [7, 11) is 1.60. The van der Waals surface area contributed by atoms with Crippen molar-refractivity contribution in [1.82, 2.24) is 5.32 Å². The van der Waals surface area contributed by atoms with Gasteiger partial charge in [0.05, 0.1) is 18.7 Å². The van der Waals surface area contributed by atoms with Crippen LogP contribution in [0.4, 0.5) is 5.69 Å². The topological polar surface area (TPSA) is 58.6 Å². The van der Waals surface area contributed by atoms with Gasteiger partial charge in [-0.25, -0.2) is 0 Å². The lowest BCUT2D eigenvalue weighted by Gasteiger charge is -2.23. The summed E-state index contributed by atoms with van der Waals surface area (Å²) >= 11 is 0. The molecule has 2 fully saturated rings. The third-order valence-electron chi connectivity index (χ3n) is 5.41. The zero-order valence-electron chi connectivity index (χ0n) is 15.2. The van der Waals surface area contributed by atoms with E-state index in [-0.39, 0.29) is 24.2 Å². The highest BCUT2D eigenvalue weighted by Gasteiger charge is 2.36. The lowest BCUT2D eigenvalue weighted by molar-refractivity contribution is -0.126. The molecule has 1 unspecified atom stereocenters. The third kappa shape index (κ3) is 4.14. The molecule has 0 spiro atoms. The Morgan fingerprint density at radius 2 is 2.04 bits per heavy atom. The first kappa shape index (κ1) is 17.8. The minimum atomic E-state index is -0.277. The molecule has 0 aromatic heterocycles. The zero-order valence-corrected chi connectivity index (χ0v) is 15.2. The molecule has 1 aromatic carbocycles. The van der Waals surface area contributed by atoms with Crippen LogP contribution in [-0.4, -0.2) is 32.0 Å². The van der Waals surface area contributed by atoms with Crippen LogP contribution in [0.1, 0.15) is 44.1 Å². The lowest BCUT2D eigenvalue weighted by atomic mass is 9.89. The Labute approximate surface area is 149 Å². The highest BCUT2D eigenvalue weighted by molar-refractivity contribution is 6.01. The molecular formula is C20H28N2O3. The highest BCUT2D eigenvalue weighted by atomic mass is 16.5. The maximum Gasteiger partial charge on any atom is 0.227 e. The van der Waals surface area contributed by atoms with Gasteiger partial charge in [-0.1, -0.05) is 25.3 Å². The van der Waals surface area contributed by atoms with Crippen LogP contribution in [0.25, 0.3) is 0 Å². The summed E-state index contributed by atoms with van der Waals surface area (Å²) in [5, 5.41) is 3.08. The molecule has 1 heterocycles. The van der Waals surface area contributed by atoms with Crippen LogP contribution in [-0.2, 0) is 9.59 Å². The Hall–Kier alpha value is -2.04. The summed E-state index contributed by atoms with van der Waals surface area (Å²) in [6.07, 6.45) is 6.53. The number of ether oxygens (including phenoxy) is 1. The van der Waals surface area contributed by atoms with Crippen molar-refractivity contribution < 1.29 is 14.3 Å². The van der Waals surface area contributed by atoms with E-state index in [9.17, 15) is 9.59 Å². The first-order chi connectivity index (χ1) is 12.1. The largest absolute Gasteiger partial charge is 0.495 e. The second-order valence-electron chi connectivity index (χ2n) is 7.33. The molecule has 1 aliphatic carbocycles. The van der Waals surface area contributed by atoms with Gasteiger partial charge in [0.1, 0.15) is 5.75 Å². The molecule has 1 atom stereocenters. The van der Waals surface area contributed by atoms with Gasteiger partial charge >= 0.3 is 0 Å². The van der Waals surface area contributed by atoms with Gasteiger partial charge in [-0.15, -0.1) is 0 Å². The fraction of sp³-hybridized carbons (Fsp3) is 0.600. The van der Waals surface area contributed by atoms with Crippen molar-refractivity contribution in [3.8, 4) is 5.75 Å². The number of hydrogen-bond acceptors (Lipinski definition) is 3. The molecule has 136 valence electrons. The molecule has 0 radical (unpaired) electrons. The van der Waals surface area contributed by atoms with Gasteiger partial charge in [0.15, 0.2) is 0 Å². The molecule has 1 N–H and O–H groups in total. The van der Waals surface area contributed by atoms with E-state index in [0.29, 0.717) is 18.2 Å². The number of anilines is 1. The van der Waals surface area contributed by atoms with E-state index < -0.39 is 0 Å². The number of methoxy groups -OCH3 is 1. The number of nitrogens with one attached hydrogen (secondary N) is 1. The predicted molar refractivity (Wildman–Crippen MR) is 97.8 cm³/mol. The third-order valence-corrected chi connectivity index (χ3v) is 5.41.